The summed E-state index contributed by atoms with van der Waals surface area (Å²) in [7, 11) is 0. The Morgan fingerprint density at radius 2 is 2.12 bits per heavy atom. The van der Waals surface area contributed by atoms with Crippen molar-refractivity contribution in [2.75, 3.05) is 6.54 Å². The van der Waals surface area contributed by atoms with E-state index < -0.39 is 11.6 Å². The molecule has 1 amide bonds. The first-order valence-electron chi connectivity index (χ1n) is 5.85. The van der Waals surface area contributed by atoms with Crippen molar-refractivity contribution >= 4 is 11.9 Å². The van der Waals surface area contributed by atoms with Crippen LogP contribution in [0.2, 0.25) is 0 Å². The van der Waals surface area contributed by atoms with E-state index in [9.17, 15) is 14.7 Å². The Bertz CT molecular complexity index is 345. The quantitative estimate of drug-likeness (QED) is 0.687. The van der Waals surface area contributed by atoms with Crippen LogP contribution >= 0.6 is 0 Å². The van der Waals surface area contributed by atoms with Gasteiger partial charge in [-0.3, -0.25) is 9.69 Å². The van der Waals surface area contributed by atoms with Gasteiger partial charge in [0.2, 0.25) is 0 Å². The highest BCUT2D eigenvalue weighted by Gasteiger charge is 2.66. The van der Waals surface area contributed by atoms with Gasteiger partial charge in [-0.05, 0) is 24.2 Å². The Labute approximate surface area is 95.6 Å². The normalized spacial score (nSPS) is 34.3. The summed E-state index contributed by atoms with van der Waals surface area (Å²) in [4.78, 5) is 24.8. The van der Waals surface area contributed by atoms with E-state index in [1.807, 2.05) is 20.8 Å². The lowest BCUT2D eigenvalue weighted by Crippen LogP contribution is -2.75. The van der Waals surface area contributed by atoms with Crippen molar-refractivity contribution in [3.05, 3.63) is 0 Å². The predicted octanol–water partition coefficient (Wildman–Crippen LogP) is 2.13. The second-order valence-electron chi connectivity index (χ2n) is 5.92. The molecule has 90 valence electrons. The first-order valence-corrected chi connectivity index (χ1v) is 5.85. The van der Waals surface area contributed by atoms with Crippen LogP contribution in [-0.2, 0) is 4.79 Å². The van der Waals surface area contributed by atoms with Crippen LogP contribution in [0.3, 0.4) is 0 Å². The van der Waals surface area contributed by atoms with Gasteiger partial charge in [-0.25, -0.2) is 4.79 Å². The molecule has 2 atom stereocenters. The molecule has 0 aromatic heterocycles. The van der Waals surface area contributed by atoms with Crippen molar-refractivity contribution in [1.82, 2.24) is 4.90 Å². The number of rotatable bonds is 0. The van der Waals surface area contributed by atoms with Crippen molar-refractivity contribution in [3.63, 3.8) is 0 Å². The number of fused-ring (bicyclic) bond motifs is 1. The fraction of sp³-hybridized carbons (Fsp3) is 0.833. The summed E-state index contributed by atoms with van der Waals surface area (Å²) >= 11 is 0. The van der Waals surface area contributed by atoms with Crippen molar-refractivity contribution in [2.24, 2.45) is 11.3 Å². The maximum Gasteiger partial charge on any atom is 0.408 e. The van der Waals surface area contributed by atoms with Crippen LogP contribution in [0.5, 0.6) is 0 Å². The average Bonchev–Trinajstić information content (AvgIpc) is 2.12. The highest BCUT2D eigenvalue weighted by atomic mass is 16.4. The zero-order chi connectivity index (χ0) is 12.1. The zero-order valence-corrected chi connectivity index (χ0v) is 10.1. The van der Waals surface area contributed by atoms with Crippen LogP contribution < -0.4 is 0 Å². The number of carbonyl (C=O) groups is 2. The van der Waals surface area contributed by atoms with Gasteiger partial charge in [0.1, 0.15) is 5.54 Å². The number of piperidine rings is 1. The lowest BCUT2D eigenvalue weighted by atomic mass is 9.51. The number of carboxylic acid groups (broad SMARTS) is 1. The summed E-state index contributed by atoms with van der Waals surface area (Å²) in [5.74, 6) is 0.331. The number of carbonyl (C=O) groups excluding carboxylic acids is 1. The van der Waals surface area contributed by atoms with Gasteiger partial charge in [0, 0.05) is 13.0 Å². The van der Waals surface area contributed by atoms with E-state index in [-0.39, 0.29) is 17.1 Å². The standard InChI is InChI=1S/C12H19NO3/c1-11(2,3)12-8(7-9(12)14)5-4-6-13(12)10(15)16/h8H,4-7H2,1-3H3,(H,15,16). The minimum absolute atomic E-state index is 0.104. The minimum Gasteiger partial charge on any atom is -0.465 e. The maximum absolute atomic E-state index is 12.0. The van der Waals surface area contributed by atoms with Crippen molar-refractivity contribution < 1.29 is 14.7 Å². The lowest BCUT2D eigenvalue weighted by Gasteiger charge is -2.62. The third-order valence-corrected chi connectivity index (χ3v) is 4.18. The van der Waals surface area contributed by atoms with E-state index in [2.05, 4.69) is 0 Å². The number of hydrogen-bond donors (Lipinski definition) is 1. The molecule has 4 heteroatoms. The number of ketones is 1. The van der Waals surface area contributed by atoms with Gasteiger partial charge in [0.15, 0.2) is 5.78 Å². The first-order chi connectivity index (χ1) is 7.31. The Morgan fingerprint density at radius 1 is 1.50 bits per heavy atom. The average molecular weight is 225 g/mol. The highest BCUT2D eigenvalue weighted by molar-refractivity contribution is 5.98. The van der Waals surface area contributed by atoms with E-state index in [4.69, 9.17) is 0 Å². The van der Waals surface area contributed by atoms with Crippen LogP contribution in [0.25, 0.3) is 0 Å². The molecule has 4 nitrogen and oxygen atoms in total. The molecule has 0 radical (unpaired) electrons. The molecule has 2 fully saturated rings. The smallest absolute Gasteiger partial charge is 0.408 e. The maximum atomic E-state index is 12.0. The van der Waals surface area contributed by atoms with E-state index in [0.29, 0.717) is 13.0 Å². The molecular formula is C12H19NO3. The lowest BCUT2D eigenvalue weighted by molar-refractivity contribution is -0.169. The van der Waals surface area contributed by atoms with Gasteiger partial charge >= 0.3 is 6.09 Å². The minimum atomic E-state index is -0.951. The SMILES string of the molecule is CC(C)(C)C12C(=O)CC1CCCN2C(=O)O. The number of hydrogen-bond acceptors (Lipinski definition) is 2. The Kier molecular flexibility index (Phi) is 2.30. The van der Waals surface area contributed by atoms with Crippen molar-refractivity contribution in [1.29, 1.82) is 0 Å². The number of likely N-dealkylation sites (tertiary alicyclic amines) is 1. The third kappa shape index (κ3) is 1.16. The fourth-order valence-electron chi connectivity index (χ4n) is 3.66. The molecule has 1 aliphatic heterocycles. The summed E-state index contributed by atoms with van der Waals surface area (Å²) in [6.45, 7) is 6.41. The molecule has 0 bridgehead atoms. The topological polar surface area (TPSA) is 57.6 Å². The van der Waals surface area contributed by atoms with Gasteiger partial charge < -0.3 is 5.11 Å². The second kappa shape index (κ2) is 3.22. The Balaban J connectivity index is 2.46. The highest BCUT2D eigenvalue weighted by Crippen LogP contribution is 2.55. The Hall–Kier alpha value is -1.06. The summed E-state index contributed by atoms with van der Waals surface area (Å²) in [6.07, 6.45) is 1.46. The molecule has 0 aromatic rings. The second-order valence-corrected chi connectivity index (χ2v) is 5.92. The summed E-state index contributed by atoms with van der Waals surface area (Å²) in [5, 5.41) is 9.28. The molecular weight excluding hydrogens is 206 g/mol. The number of nitrogens with zero attached hydrogens (tertiary/aromatic N) is 1. The van der Waals surface area contributed by atoms with Crippen molar-refractivity contribution in [2.45, 2.75) is 45.6 Å². The number of amides is 1. The van der Waals surface area contributed by atoms with Crippen LogP contribution in [0.1, 0.15) is 40.0 Å². The van der Waals surface area contributed by atoms with Gasteiger partial charge in [-0.2, -0.15) is 0 Å². The predicted molar refractivity (Wildman–Crippen MR) is 59.3 cm³/mol. The molecule has 2 unspecified atom stereocenters. The monoisotopic (exact) mass is 225 g/mol. The van der Waals surface area contributed by atoms with E-state index in [0.717, 1.165) is 12.8 Å². The third-order valence-electron chi connectivity index (χ3n) is 4.18. The van der Waals surface area contributed by atoms with Crippen LogP contribution in [0.4, 0.5) is 4.79 Å². The molecule has 0 spiro atoms. The van der Waals surface area contributed by atoms with Crippen molar-refractivity contribution in [3.8, 4) is 0 Å². The summed E-state index contributed by atoms with van der Waals surface area (Å²) in [5.41, 5.74) is -1.07. The van der Waals surface area contributed by atoms with Gasteiger partial charge in [0.05, 0.1) is 0 Å². The van der Waals surface area contributed by atoms with Crippen LogP contribution in [-0.4, -0.2) is 34.0 Å². The van der Waals surface area contributed by atoms with E-state index in [1.165, 1.54) is 4.90 Å². The summed E-state index contributed by atoms with van der Waals surface area (Å²) < 4.78 is 0. The molecule has 0 aromatic carbocycles. The molecule has 1 heterocycles. The molecule has 1 N–H and O–H groups in total. The molecule has 1 saturated heterocycles. The van der Waals surface area contributed by atoms with Crippen LogP contribution in [0.15, 0.2) is 0 Å². The Morgan fingerprint density at radius 3 is 2.50 bits per heavy atom. The largest absolute Gasteiger partial charge is 0.465 e. The molecule has 16 heavy (non-hydrogen) atoms. The van der Waals surface area contributed by atoms with Gasteiger partial charge in [-0.15, -0.1) is 0 Å². The van der Waals surface area contributed by atoms with Gasteiger partial charge in [0.25, 0.3) is 0 Å². The van der Waals surface area contributed by atoms with E-state index >= 15 is 0 Å². The molecule has 2 rings (SSSR count). The fourth-order valence-corrected chi connectivity index (χ4v) is 3.66. The zero-order valence-electron chi connectivity index (χ0n) is 10.1. The van der Waals surface area contributed by atoms with Crippen LogP contribution in [0, 0.1) is 11.3 Å². The molecule has 2 aliphatic rings. The van der Waals surface area contributed by atoms with E-state index in [1.54, 1.807) is 0 Å². The molecule has 1 aliphatic carbocycles. The molecule has 1 saturated carbocycles. The first kappa shape index (κ1) is 11.4. The van der Waals surface area contributed by atoms with Gasteiger partial charge in [-0.1, -0.05) is 20.8 Å². The number of Topliss-reactive ketones (excluding diaryl/α,β-unsaturated/α-hetero) is 1. The summed E-state index contributed by atoms with van der Waals surface area (Å²) in [6, 6.07) is 0.